The highest BCUT2D eigenvalue weighted by atomic mass is 35.5. The number of unbranched alkanes of at least 4 members (excludes halogenated alkanes) is 4. The van der Waals surface area contributed by atoms with Crippen molar-refractivity contribution in [1.82, 2.24) is 19.1 Å². The van der Waals surface area contributed by atoms with E-state index in [-0.39, 0.29) is 0 Å². The maximum atomic E-state index is 6.15. The monoisotopic (exact) mass is 498 g/mol. The van der Waals surface area contributed by atoms with Gasteiger partial charge in [0, 0.05) is 13.1 Å². The van der Waals surface area contributed by atoms with Gasteiger partial charge >= 0.3 is 0 Å². The Bertz CT molecular complexity index is 1150. The van der Waals surface area contributed by atoms with Gasteiger partial charge in [0.15, 0.2) is 0 Å². The van der Waals surface area contributed by atoms with Crippen LogP contribution in [0.25, 0.3) is 22.1 Å². The van der Waals surface area contributed by atoms with Crippen LogP contribution in [0.2, 0.25) is 20.1 Å². The Kier molecular flexibility index (Phi) is 6.72. The van der Waals surface area contributed by atoms with Gasteiger partial charge in [-0.15, -0.1) is 0 Å². The molecule has 0 radical (unpaired) electrons. The molecule has 0 unspecified atom stereocenters. The largest absolute Gasteiger partial charge is 0.369 e. The summed E-state index contributed by atoms with van der Waals surface area (Å²) in [5.41, 5.74) is 15.5. The Hall–Kier alpha value is -1.86. The Morgan fingerprint density at radius 3 is 1.35 bits per heavy atom. The van der Waals surface area contributed by atoms with Gasteiger partial charge in [-0.1, -0.05) is 65.7 Å². The number of hydrogen-bond acceptors (Lipinski definition) is 4. The smallest absolute Gasteiger partial charge is 0.201 e. The molecule has 4 rings (SSSR count). The summed E-state index contributed by atoms with van der Waals surface area (Å²) in [4.78, 5) is 8.75. The molecule has 4 aromatic rings. The molecule has 0 bridgehead atoms. The van der Waals surface area contributed by atoms with E-state index in [2.05, 4.69) is 9.97 Å². The fourth-order valence-corrected chi connectivity index (χ4v) is 4.45. The standard InChI is InChI=1S/C21H22Cl4N6/c22-12-8-16-18(10-14(12)24)30(20(26)28-16)6-4-2-1-3-5-7-31-19-11-15(25)13(23)9-17(19)29-21(31)27/h8-11H,1-7H2,(H2,26,28)(H2,27,29). The molecular weight excluding hydrogens is 478 g/mol. The van der Waals surface area contributed by atoms with Crippen molar-refractivity contribution >= 4 is 80.4 Å². The number of fused-ring (bicyclic) bond motifs is 2. The third-order valence-electron chi connectivity index (χ3n) is 5.40. The minimum atomic E-state index is 0.481. The molecule has 0 atom stereocenters. The van der Waals surface area contributed by atoms with Gasteiger partial charge in [0.05, 0.1) is 42.2 Å². The van der Waals surface area contributed by atoms with Crippen molar-refractivity contribution in [2.45, 2.75) is 45.2 Å². The molecule has 4 N–H and O–H groups in total. The fourth-order valence-electron chi connectivity index (χ4n) is 3.82. The zero-order chi connectivity index (χ0) is 22.1. The molecule has 0 amide bonds. The zero-order valence-corrected chi connectivity index (χ0v) is 19.7. The molecule has 2 aromatic heterocycles. The first-order valence-corrected chi connectivity index (χ1v) is 11.6. The van der Waals surface area contributed by atoms with Gasteiger partial charge in [-0.25, -0.2) is 9.97 Å². The summed E-state index contributed by atoms with van der Waals surface area (Å²) in [6.45, 7) is 1.58. The zero-order valence-electron chi connectivity index (χ0n) is 16.7. The van der Waals surface area contributed by atoms with Gasteiger partial charge in [-0.3, -0.25) is 0 Å². The number of nitrogens with zero attached hydrogens (tertiary/aromatic N) is 4. The van der Waals surface area contributed by atoms with Gasteiger partial charge in [-0.2, -0.15) is 0 Å². The van der Waals surface area contributed by atoms with Crippen LogP contribution >= 0.6 is 46.4 Å². The SMILES string of the molecule is Nc1nc2cc(Cl)c(Cl)cc2n1CCCCCCCn1c(N)nc2cc(Cl)c(Cl)cc21. The van der Waals surface area contributed by atoms with E-state index in [4.69, 9.17) is 57.9 Å². The Morgan fingerprint density at radius 2 is 0.935 bits per heavy atom. The Balaban J connectivity index is 1.27. The lowest BCUT2D eigenvalue weighted by molar-refractivity contribution is 0.546. The molecular formula is C21H22Cl4N6. The quantitative estimate of drug-likeness (QED) is 0.260. The molecule has 10 heteroatoms. The normalized spacial score (nSPS) is 11.7. The predicted molar refractivity (Wildman–Crippen MR) is 131 cm³/mol. The number of imidazole rings is 2. The molecule has 31 heavy (non-hydrogen) atoms. The van der Waals surface area contributed by atoms with Crippen molar-refractivity contribution in [2.75, 3.05) is 11.5 Å². The first-order chi connectivity index (χ1) is 14.8. The molecule has 0 saturated heterocycles. The average Bonchev–Trinajstić information content (AvgIpc) is 3.17. The Morgan fingerprint density at radius 1 is 0.581 bits per heavy atom. The molecule has 164 valence electrons. The number of aryl methyl sites for hydroxylation is 2. The molecule has 2 heterocycles. The van der Waals surface area contributed by atoms with Crippen LogP contribution in [0, 0.1) is 0 Å². The summed E-state index contributed by atoms with van der Waals surface area (Å²) in [5, 5.41) is 1.97. The number of nitrogen functional groups attached to an aromatic ring is 2. The minimum absolute atomic E-state index is 0.481. The molecule has 0 aliphatic rings. The summed E-state index contributed by atoms with van der Waals surface area (Å²) in [5.74, 6) is 0.962. The Labute approximate surface area is 200 Å². The van der Waals surface area contributed by atoms with E-state index in [1.165, 1.54) is 0 Å². The van der Waals surface area contributed by atoms with Crippen LogP contribution < -0.4 is 11.5 Å². The topological polar surface area (TPSA) is 87.7 Å². The number of nitrogens with two attached hydrogens (primary N) is 2. The molecule has 0 fully saturated rings. The predicted octanol–water partition coefficient (Wildman–Crippen LogP) is 6.81. The highest BCUT2D eigenvalue weighted by Crippen LogP contribution is 2.30. The van der Waals surface area contributed by atoms with Crippen molar-refractivity contribution in [3.8, 4) is 0 Å². The van der Waals surface area contributed by atoms with Crippen LogP contribution in [0.5, 0.6) is 0 Å². The average molecular weight is 500 g/mol. The van der Waals surface area contributed by atoms with Gasteiger partial charge < -0.3 is 20.6 Å². The van der Waals surface area contributed by atoms with Gasteiger partial charge in [-0.05, 0) is 37.1 Å². The van der Waals surface area contributed by atoms with Gasteiger partial charge in [0.1, 0.15) is 0 Å². The van der Waals surface area contributed by atoms with Crippen LogP contribution in [0.3, 0.4) is 0 Å². The summed E-state index contributed by atoms with van der Waals surface area (Å²) in [6, 6.07) is 7.14. The molecule has 6 nitrogen and oxygen atoms in total. The lowest BCUT2D eigenvalue weighted by Crippen LogP contribution is -2.04. The van der Waals surface area contributed by atoms with E-state index in [0.717, 1.165) is 67.3 Å². The molecule has 0 aliphatic carbocycles. The maximum absolute atomic E-state index is 6.15. The summed E-state index contributed by atoms with van der Waals surface area (Å²) in [7, 11) is 0. The molecule has 0 aliphatic heterocycles. The first kappa shape index (κ1) is 22.3. The van der Waals surface area contributed by atoms with E-state index in [1.54, 1.807) is 12.1 Å². The van der Waals surface area contributed by atoms with Gasteiger partial charge in [0.2, 0.25) is 11.9 Å². The van der Waals surface area contributed by atoms with Crippen molar-refractivity contribution in [2.24, 2.45) is 0 Å². The number of hydrogen-bond donors (Lipinski definition) is 2. The third-order valence-corrected chi connectivity index (χ3v) is 6.85. The lowest BCUT2D eigenvalue weighted by atomic mass is 10.1. The van der Waals surface area contributed by atoms with Crippen molar-refractivity contribution < 1.29 is 0 Å². The molecule has 2 aromatic carbocycles. The summed E-state index contributed by atoms with van der Waals surface area (Å²) < 4.78 is 3.98. The fraction of sp³-hybridized carbons (Fsp3) is 0.333. The number of rotatable bonds is 8. The van der Waals surface area contributed by atoms with Crippen molar-refractivity contribution in [3.63, 3.8) is 0 Å². The maximum Gasteiger partial charge on any atom is 0.201 e. The van der Waals surface area contributed by atoms with E-state index < -0.39 is 0 Å². The highest BCUT2D eigenvalue weighted by Gasteiger charge is 2.12. The van der Waals surface area contributed by atoms with E-state index in [1.807, 2.05) is 21.3 Å². The second-order valence-corrected chi connectivity index (χ2v) is 9.15. The third kappa shape index (κ3) is 4.67. The van der Waals surface area contributed by atoms with Crippen LogP contribution in [0.4, 0.5) is 11.9 Å². The van der Waals surface area contributed by atoms with Crippen molar-refractivity contribution in [1.29, 1.82) is 0 Å². The first-order valence-electron chi connectivity index (χ1n) is 10.1. The van der Waals surface area contributed by atoms with Gasteiger partial charge in [0.25, 0.3) is 0 Å². The molecule has 0 spiro atoms. The van der Waals surface area contributed by atoms with Crippen LogP contribution in [0.15, 0.2) is 24.3 Å². The summed E-state index contributed by atoms with van der Waals surface area (Å²) in [6.07, 6.45) is 5.28. The van der Waals surface area contributed by atoms with E-state index in [0.29, 0.717) is 32.0 Å². The second-order valence-electron chi connectivity index (χ2n) is 7.52. The second kappa shape index (κ2) is 9.33. The number of benzene rings is 2. The van der Waals surface area contributed by atoms with E-state index in [9.17, 15) is 0 Å². The minimum Gasteiger partial charge on any atom is -0.369 e. The number of aromatic nitrogens is 4. The van der Waals surface area contributed by atoms with E-state index >= 15 is 0 Å². The van der Waals surface area contributed by atoms with Crippen LogP contribution in [0.1, 0.15) is 32.1 Å². The highest BCUT2D eigenvalue weighted by molar-refractivity contribution is 6.43. The van der Waals surface area contributed by atoms with Crippen molar-refractivity contribution in [3.05, 3.63) is 44.4 Å². The summed E-state index contributed by atoms with van der Waals surface area (Å²) >= 11 is 24.4. The molecule has 0 saturated carbocycles. The lowest BCUT2D eigenvalue weighted by Gasteiger charge is -2.08. The number of anilines is 2. The van der Waals surface area contributed by atoms with Crippen LogP contribution in [-0.2, 0) is 13.1 Å². The van der Waals surface area contributed by atoms with Crippen LogP contribution in [-0.4, -0.2) is 19.1 Å². The number of halogens is 4.